The van der Waals surface area contributed by atoms with E-state index in [1.54, 1.807) is 10.8 Å². The number of aromatic nitrogens is 3. The van der Waals surface area contributed by atoms with Gasteiger partial charge in [0.15, 0.2) is 29.6 Å². The minimum Gasteiger partial charge on any atom is -0.453 e. The first-order valence-electron chi connectivity index (χ1n) is 20.7. The SMILES string of the molecule is C=CC1C2C(c3ccccc3-c3cc(CC(C)C)c([Si](C)(C)C)c[n+]32)C12Cc1cnc3c(oc4cccc(C)c43)c1-c1cc(CC3CCCCC3)cc[n+]12. The standard InChI is InChI=1S/C49H55N3OSi/c1-8-38-47-45(37-19-13-12-18-36(37)39-26-34(23-30(2)3)42(29-51(39)47)54(5,6)7)49(38)27-35-28-50-46-43-31(4)15-14-20-41(43)53-48(46)44(35)40-25-33(21-22-52(40)49)24-32-16-10-9-11-17-32/h8,12-15,18-22,25-26,28-30,32,38,45,47H,1,9-11,16-17,23-24,27H2,2-7H3/q+2. The maximum absolute atomic E-state index is 6.85. The van der Waals surface area contributed by atoms with E-state index < -0.39 is 8.07 Å². The first kappa shape index (κ1) is 34.2. The molecule has 6 aromatic rings. The van der Waals surface area contributed by atoms with Gasteiger partial charge in [-0.2, -0.15) is 9.13 Å². The number of fused-ring (bicyclic) bond motifs is 15. The fraction of sp³-hybridized carbons (Fsp3) is 0.408. The second kappa shape index (κ2) is 12.3. The van der Waals surface area contributed by atoms with Crippen molar-refractivity contribution >= 4 is 35.3 Å². The fourth-order valence-electron chi connectivity index (χ4n) is 11.6. The van der Waals surface area contributed by atoms with Crippen LogP contribution in [0.3, 0.4) is 0 Å². The Hall–Kier alpha value is -4.35. The third-order valence-corrected chi connectivity index (χ3v) is 15.9. The van der Waals surface area contributed by atoms with Gasteiger partial charge in [-0.25, -0.2) is 0 Å². The first-order valence-corrected chi connectivity index (χ1v) is 24.2. The van der Waals surface area contributed by atoms with Crippen molar-refractivity contribution in [2.45, 2.75) is 109 Å². The minimum atomic E-state index is -1.65. The zero-order chi connectivity index (χ0) is 37.1. The highest BCUT2D eigenvalue weighted by Gasteiger charge is 2.76. The Labute approximate surface area is 322 Å². The summed E-state index contributed by atoms with van der Waals surface area (Å²) in [6, 6.07) is 23.6. The molecule has 0 saturated heterocycles. The van der Waals surface area contributed by atoms with Crippen molar-refractivity contribution in [2.75, 3.05) is 0 Å². The number of nitrogens with zero attached hydrogens (tertiary/aromatic N) is 3. The van der Waals surface area contributed by atoms with E-state index in [1.807, 2.05) is 0 Å². The summed E-state index contributed by atoms with van der Waals surface area (Å²) in [7, 11) is -1.65. The summed E-state index contributed by atoms with van der Waals surface area (Å²) in [6.07, 6.45) is 19.5. The molecule has 4 aromatic heterocycles. The van der Waals surface area contributed by atoms with E-state index in [4.69, 9.17) is 9.40 Å². The number of furan rings is 1. The molecule has 1 spiro atoms. The minimum absolute atomic E-state index is 0.222. The molecule has 2 aromatic carbocycles. The van der Waals surface area contributed by atoms with Crippen molar-refractivity contribution < 1.29 is 13.6 Å². The van der Waals surface area contributed by atoms with Crippen molar-refractivity contribution in [3.05, 3.63) is 120 Å². The molecular weight excluding hydrogens is 675 g/mol. The Bertz CT molecular complexity index is 2500. The van der Waals surface area contributed by atoms with Gasteiger partial charge in [-0.05, 0) is 71.6 Å². The van der Waals surface area contributed by atoms with Gasteiger partial charge in [-0.15, -0.1) is 6.58 Å². The first-order chi connectivity index (χ1) is 26.1. The summed E-state index contributed by atoms with van der Waals surface area (Å²) in [5.74, 6) is 1.86. The smallest absolute Gasteiger partial charge is 0.217 e. The molecule has 2 aliphatic heterocycles. The molecular formula is C49H55N3OSi+2. The predicted octanol–water partition coefficient (Wildman–Crippen LogP) is 10.5. The molecule has 2 aliphatic carbocycles. The number of pyridine rings is 3. The second-order valence-electron chi connectivity index (χ2n) is 18.7. The van der Waals surface area contributed by atoms with E-state index >= 15 is 0 Å². The number of aryl methyl sites for hydroxylation is 1. The Morgan fingerprint density at radius 2 is 1.81 bits per heavy atom. The Morgan fingerprint density at radius 3 is 2.59 bits per heavy atom. The van der Waals surface area contributed by atoms with Crippen LogP contribution in [0.2, 0.25) is 19.6 Å². The largest absolute Gasteiger partial charge is 0.453 e. The van der Waals surface area contributed by atoms with Crippen molar-refractivity contribution in [1.29, 1.82) is 0 Å². The third kappa shape index (κ3) is 4.89. The maximum atomic E-state index is 6.85. The molecule has 6 heterocycles. The van der Waals surface area contributed by atoms with Gasteiger partial charge >= 0.3 is 0 Å². The highest BCUT2D eigenvalue weighted by molar-refractivity contribution is 6.89. The van der Waals surface area contributed by atoms with E-state index in [-0.39, 0.29) is 23.4 Å². The van der Waals surface area contributed by atoms with Gasteiger partial charge in [0.05, 0.1) is 19.2 Å². The van der Waals surface area contributed by atoms with Gasteiger partial charge in [-0.1, -0.05) is 102 Å². The van der Waals surface area contributed by atoms with E-state index in [0.29, 0.717) is 5.92 Å². The summed E-state index contributed by atoms with van der Waals surface area (Å²) in [5.41, 5.74) is 14.8. The number of benzene rings is 2. The molecule has 0 radical (unpaired) electrons. The van der Waals surface area contributed by atoms with Gasteiger partial charge in [0.25, 0.3) is 0 Å². The maximum Gasteiger partial charge on any atom is 0.217 e. The predicted molar refractivity (Wildman–Crippen MR) is 223 cm³/mol. The van der Waals surface area contributed by atoms with Crippen LogP contribution in [-0.2, 0) is 24.8 Å². The van der Waals surface area contributed by atoms with Crippen molar-refractivity contribution in [3.63, 3.8) is 0 Å². The Morgan fingerprint density at radius 1 is 1.00 bits per heavy atom. The zero-order valence-electron chi connectivity index (χ0n) is 33.1. The third-order valence-electron chi connectivity index (χ3n) is 13.9. The molecule has 4 aliphatic rings. The van der Waals surface area contributed by atoms with Crippen LogP contribution in [-0.4, -0.2) is 13.1 Å². The number of rotatable bonds is 6. The average molecular weight is 730 g/mol. The molecule has 10 rings (SSSR count). The van der Waals surface area contributed by atoms with Crippen LogP contribution in [0.5, 0.6) is 0 Å². The summed E-state index contributed by atoms with van der Waals surface area (Å²) >= 11 is 0. The van der Waals surface area contributed by atoms with Gasteiger partial charge in [0, 0.05) is 41.4 Å². The summed E-state index contributed by atoms with van der Waals surface area (Å²) < 4.78 is 12.3. The monoisotopic (exact) mass is 729 g/mol. The van der Waals surface area contributed by atoms with Crippen LogP contribution < -0.4 is 14.3 Å². The molecule has 54 heavy (non-hydrogen) atoms. The lowest BCUT2D eigenvalue weighted by molar-refractivity contribution is -0.837. The molecule has 2 fully saturated rings. The lowest BCUT2D eigenvalue weighted by Crippen LogP contribution is -2.80. The van der Waals surface area contributed by atoms with Crippen LogP contribution in [0.25, 0.3) is 44.6 Å². The quantitative estimate of drug-likeness (QED) is 0.0972. The van der Waals surface area contributed by atoms with Gasteiger partial charge in [0.2, 0.25) is 11.4 Å². The normalized spacial score (nSPS) is 23.1. The second-order valence-corrected chi connectivity index (χ2v) is 23.8. The molecule has 4 nitrogen and oxygen atoms in total. The molecule has 5 heteroatoms. The zero-order valence-corrected chi connectivity index (χ0v) is 34.1. The number of allylic oxidation sites excluding steroid dienone is 1. The van der Waals surface area contributed by atoms with E-state index in [0.717, 1.165) is 47.2 Å². The molecule has 274 valence electrons. The van der Waals surface area contributed by atoms with Crippen LogP contribution in [0, 0.1) is 24.7 Å². The molecule has 4 atom stereocenters. The molecule has 2 saturated carbocycles. The van der Waals surface area contributed by atoms with E-state index in [2.05, 4.69) is 141 Å². The van der Waals surface area contributed by atoms with Gasteiger partial charge in [0.1, 0.15) is 22.9 Å². The highest BCUT2D eigenvalue weighted by atomic mass is 28.3. The average Bonchev–Trinajstić information content (AvgIpc) is 3.54. The number of hydrogen-bond acceptors (Lipinski definition) is 2. The topological polar surface area (TPSA) is 33.8 Å². The van der Waals surface area contributed by atoms with Crippen molar-refractivity contribution in [2.24, 2.45) is 17.8 Å². The van der Waals surface area contributed by atoms with Crippen LogP contribution >= 0.6 is 0 Å². The van der Waals surface area contributed by atoms with Crippen LogP contribution in [0.4, 0.5) is 0 Å². The number of hydrogen-bond donors (Lipinski definition) is 0. The van der Waals surface area contributed by atoms with Crippen molar-refractivity contribution in [1.82, 2.24) is 4.98 Å². The lowest BCUT2D eigenvalue weighted by Gasteiger charge is -2.56. The summed E-state index contributed by atoms with van der Waals surface area (Å²) in [5, 5.41) is 2.74. The Kier molecular flexibility index (Phi) is 7.80. The van der Waals surface area contributed by atoms with E-state index in [9.17, 15) is 0 Å². The summed E-state index contributed by atoms with van der Waals surface area (Å²) in [6.45, 7) is 19.1. The highest BCUT2D eigenvalue weighted by Crippen LogP contribution is 2.64. The van der Waals surface area contributed by atoms with Crippen LogP contribution in [0.1, 0.15) is 85.7 Å². The van der Waals surface area contributed by atoms with Gasteiger partial charge in [-0.3, -0.25) is 4.98 Å². The molecule has 0 N–H and O–H groups in total. The Balaban J connectivity index is 1.21. The summed E-state index contributed by atoms with van der Waals surface area (Å²) in [4.78, 5) is 5.23. The van der Waals surface area contributed by atoms with Crippen molar-refractivity contribution in [3.8, 4) is 22.5 Å². The van der Waals surface area contributed by atoms with Crippen LogP contribution in [0.15, 0.2) is 96.3 Å². The molecule has 4 unspecified atom stereocenters. The molecule has 0 bridgehead atoms. The molecule has 0 amide bonds. The fourth-order valence-corrected chi connectivity index (χ4v) is 13.3. The van der Waals surface area contributed by atoms with Gasteiger partial charge < -0.3 is 4.42 Å². The van der Waals surface area contributed by atoms with E-state index in [1.165, 1.54) is 76.9 Å². The lowest BCUT2D eigenvalue weighted by atomic mass is 9.48.